The highest BCUT2D eigenvalue weighted by atomic mass is 16.5. The van der Waals surface area contributed by atoms with Gasteiger partial charge in [-0.1, -0.05) is 48.5 Å². The third kappa shape index (κ3) is 4.73. The summed E-state index contributed by atoms with van der Waals surface area (Å²) >= 11 is 0. The number of esters is 1. The summed E-state index contributed by atoms with van der Waals surface area (Å²) in [5, 5.41) is 2.65. The molecule has 2 amide bonds. The van der Waals surface area contributed by atoms with Crippen molar-refractivity contribution in [2.24, 2.45) is 5.92 Å². The van der Waals surface area contributed by atoms with Crippen molar-refractivity contribution in [2.75, 3.05) is 18.5 Å². The van der Waals surface area contributed by atoms with E-state index in [2.05, 4.69) is 5.32 Å². The van der Waals surface area contributed by atoms with Crippen LogP contribution >= 0.6 is 0 Å². The van der Waals surface area contributed by atoms with Gasteiger partial charge in [0.05, 0.1) is 12.0 Å². The Bertz CT molecular complexity index is 807. The quantitative estimate of drug-likeness (QED) is 0.798. The van der Waals surface area contributed by atoms with Crippen molar-refractivity contribution in [2.45, 2.75) is 19.4 Å². The second-order valence-corrected chi connectivity index (χ2v) is 6.56. The maximum atomic E-state index is 12.3. The highest BCUT2D eigenvalue weighted by molar-refractivity contribution is 5.93. The van der Waals surface area contributed by atoms with E-state index in [-0.39, 0.29) is 25.0 Å². The second kappa shape index (κ2) is 8.49. The number of amides is 2. The maximum Gasteiger partial charge on any atom is 0.311 e. The molecule has 27 heavy (non-hydrogen) atoms. The predicted octanol–water partition coefficient (Wildman–Crippen LogP) is 2.78. The SMILES string of the molecule is C[C@@H](c1ccccc1)N1C[C@H](C(=O)OCC(=O)Nc2ccccc2)CC1=O. The van der Waals surface area contributed by atoms with E-state index in [1.54, 1.807) is 29.2 Å². The molecule has 3 rings (SSSR count). The largest absolute Gasteiger partial charge is 0.455 e. The van der Waals surface area contributed by atoms with Gasteiger partial charge in [0.15, 0.2) is 6.61 Å². The Morgan fingerprint density at radius 2 is 1.74 bits per heavy atom. The zero-order chi connectivity index (χ0) is 19.2. The molecule has 1 N–H and O–H groups in total. The van der Waals surface area contributed by atoms with Crippen molar-refractivity contribution in [1.82, 2.24) is 4.90 Å². The summed E-state index contributed by atoms with van der Waals surface area (Å²) in [6.07, 6.45) is 0.107. The molecule has 0 radical (unpaired) electrons. The smallest absolute Gasteiger partial charge is 0.311 e. The van der Waals surface area contributed by atoms with Crippen LogP contribution < -0.4 is 5.32 Å². The molecule has 1 heterocycles. The van der Waals surface area contributed by atoms with Gasteiger partial charge in [0.2, 0.25) is 5.91 Å². The van der Waals surface area contributed by atoms with Crippen LogP contribution in [0.1, 0.15) is 24.9 Å². The van der Waals surface area contributed by atoms with Crippen molar-refractivity contribution in [3.63, 3.8) is 0 Å². The van der Waals surface area contributed by atoms with Crippen LogP contribution in [0.15, 0.2) is 60.7 Å². The molecule has 0 saturated carbocycles. The molecule has 1 saturated heterocycles. The van der Waals surface area contributed by atoms with Crippen molar-refractivity contribution >= 4 is 23.5 Å². The second-order valence-electron chi connectivity index (χ2n) is 6.56. The first-order chi connectivity index (χ1) is 13.0. The van der Waals surface area contributed by atoms with E-state index in [1.165, 1.54) is 0 Å². The standard InChI is InChI=1S/C21H22N2O4/c1-15(16-8-4-2-5-9-16)23-13-17(12-20(23)25)21(26)27-14-19(24)22-18-10-6-3-7-11-18/h2-11,15,17H,12-14H2,1H3,(H,22,24)/t15-,17+/m0/s1. The molecule has 6 heteroatoms. The Morgan fingerprint density at radius 3 is 2.41 bits per heavy atom. The van der Waals surface area contributed by atoms with Gasteiger partial charge in [0, 0.05) is 18.7 Å². The number of rotatable bonds is 6. The molecule has 0 aromatic heterocycles. The van der Waals surface area contributed by atoms with Gasteiger partial charge < -0.3 is 15.0 Å². The Morgan fingerprint density at radius 1 is 1.11 bits per heavy atom. The third-order valence-corrected chi connectivity index (χ3v) is 4.64. The number of benzene rings is 2. The summed E-state index contributed by atoms with van der Waals surface area (Å²) in [7, 11) is 0. The molecule has 2 aromatic rings. The van der Waals surface area contributed by atoms with Crippen LogP contribution in [0.3, 0.4) is 0 Å². The van der Waals surface area contributed by atoms with Gasteiger partial charge in [-0.3, -0.25) is 14.4 Å². The number of hydrogen-bond acceptors (Lipinski definition) is 4. The average molecular weight is 366 g/mol. The Hall–Kier alpha value is -3.15. The van der Waals surface area contributed by atoms with Crippen molar-refractivity contribution < 1.29 is 19.1 Å². The lowest BCUT2D eigenvalue weighted by Crippen LogP contribution is -2.30. The van der Waals surface area contributed by atoms with Crippen LogP contribution in [0, 0.1) is 5.92 Å². The van der Waals surface area contributed by atoms with Crippen LogP contribution in [-0.2, 0) is 19.1 Å². The zero-order valence-corrected chi connectivity index (χ0v) is 15.1. The number of para-hydroxylation sites is 1. The van der Waals surface area contributed by atoms with E-state index >= 15 is 0 Å². The van der Waals surface area contributed by atoms with Gasteiger partial charge in [-0.25, -0.2) is 0 Å². The monoisotopic (exact) mass is 366 g/mol. The minimum Gasteiger partial charge on any atom is -0.455 e. The van der Waals surface area contributed by atoms with E-state index in [1.807, 2.05) is 43.3 Å². The van der Waals surface area contributed by atoms with Crippen LogP contribution in [-0.4, -0.2) is 35.8 Å². The van der Waals surface area contributed by atoms with E-state index < -0.39 is 17.8 Å². The van der Waals surface area contributed by atoms with Crippen molar-refractivity contribution in [1.29, 1.82) is 0 Å². The van der Waals surface area contributed by atoms with Crippen LogP contribution in [0.4, 0.5) is 5.69 Å². The summed E-state index contributed by atoms with van der Waals surface area (Å²) in [4.78, 5) is 38.2. The van der Waals surface area contributed by atoms with Gasteiger partial charge in [-0.2, -0.15) is 0 Å². The lowest BCUT2D eigenvalue weighted by atomic mass is 10.1. The Balaban J connectivity index is 1.51. The lowest BCUT2D eigenvalue weighted by Gasteiger charge is -2.25. The fourth-order valence-electron chi connectivity index (χ4n) is 3.15. The maximum absolute atomic E-state index is 12.3. The fraction of sp³-hybridized carbons (Fsp3) is 0.286. The number of carbonyl (C=O) groups excluding carboxylic acids is 3. The summed E-state index contributed by atoms with van der Waals surface area (Å²) < 4.78 is 5.11. The normalized spacial score (nSPS) is 17.4. The molecule has 0 spiro atoms. The first kappa shape index (κ1) is 18.6. The third-order valence-electron chi connectivity index (χ3n) is 4.64. The van der Waals surface area contributed by atoms with Crippen LogP contribution in [0.5, 0.6) is 0 Å². The van der Waals surface area contributed by atoms with E-state index in [0.29, 0.717) is 12.2 Å². The Kier molecular flexibility index (Phi) is 5.86. The molecule has 6 nitrogen and oxygen atoms in total. The van der Waals surface area contributed by atoms with E-state index in [0.717, 1.165) is 5.56 Å². The zero-order valence-electron chi connectivity index (χ0n) is 15.1. The summed E-state index contributed by atoms with van der Waals surface area (Å²) in [5.41, 5.74) is 1.65. The molecule has 140 valence electrons. The number of hydrogen-bond donors (Lipinski definition) is 1. The van der Waals surface area contributed by atoms with Crippen molar-refractivity contribution in [3.8, 4) is 0 Å². The highest BCUT2D eigenvalue weighted by Gasteiger charge is 2.38. The molecule has 2 atom stereocenters. The molecule has 0 unspecified atom stereocenters. The number of nitrogens with zero attached hydrogens (tertiary/aromatic N) is 1. The number of ether oxygens (including phenoxy) is 1. The van der Waals surface area contributed by atoms with Gasteiger partial charge in [0.1, 0.15) is 0 Å². The van der Waals surface area contributed by atoms with Gasteiger partial charge in [0.25, 0.3) is 5.91 Å². The summed E-state index contributed by atoms with van der Waals surface area (Å²) in [6, 6.07) is 18.5. The van der Waals surface area contributed by atoms with Crippen LogP contribution in [0.2, 0.25) is 0 Å². The van der Waals surface area contributed by atoms with Gasteiger partial charge in [-0.15, -0.1) is 0 Å². The molecule has 1 aliphatic rings. The van der Waals surface area contributed by atoms with Gasteiger partial charge in [-0.05, 0) is 24.6 Å². The highest BCUT2D eigenvalue weighted by Crippen LogP contribution is 2.28. The molecular formula is C21H22N2O4. The lowest BCUT2D eigenvalue weighted by molar-refractivity contribution is -0.151. The van der Waals surface area contributed by atoms with Gasteiger partial charge >= 0.3 is 5.97 Å². The summed E-state index contributed by atoms with van der Waals surface area (Å²) in [6.45, 7) is 1.87. The minimum absolute atomic E-state index is 0.0814. The number of nitrogens with one attached hydrogen (secondary N) is 1. The number of anilines is 1. The molecule has 1 aliphatic heterocycles. The molecule has 1 fully saturated rings. The molecule has 0 aliphatic carbocycles. The molecule has 0 bridgehead atoms. The topological polar surface area (TPSA) is 75.7 Å². The molecule has 2 aromatic carbocycles. The van der Waals surface area contributed by atoms with E-state index in [4.69, 9.17) is 4.74 Å². The van der Waals surface area contributed by atoms with Crippen molar-refractivity contribution in [3.05, 3.63) is 66.2 Å². The number of likely N-dealkylation sites (tertiary alicyclic amines) is 1. The average Bonchev–Trinajstić information content (AvgIpc) is 3.09. The first-order valence-electron chi connectivity index (χ1n) is 8.90. The van der Waals surface area contributed by atoms with Crippen LogP contribution in [0.25, 0.3) is 0 Å². The summed E-state index contributed by atoms with van der Waals surface area (Å²) in [5.74, 6) is -1.56. The number of carbonyl (C=O) groups is 3. The fourth-order valence-corrected chi connectivity index (χ4v) is 3.15. The molecular weight excluding hydrogens is 344 g/mol. The minimum atomic E-state index is -0.548. The van der Waals surface area contributed by atoms with E-state index in [9.17, 15) is 14.4 Å². The Labute approximate surface area is 158 Å². The predicted molar refractivity (Wildman–Crippen MR) is 101 cm³/mol. The first-order valence-corrected chi connectivity index (χ1v) is 8.90.